The van der Waals surface area contributed by atoms with Crippen molar-refractivity contribution in [3.05, 3.63) is 29.8 Å². The van der Waals surface area contributed by atoms with Crippen molar-refractivity contribution in [1.29, 1.82) is 0 Å². The zero-order valence-electron chi connectivity index (χ0n) is 8.66. The molecule has 0 atom stereocenters. The number of alkyl halides is 3. The van der Waals surface area contributed by atoms with Crippen molar-refractivity contribution in [1.82, 2.24) is 0 Å². The van der Waals surface area contributed by atoms with Crippen molar-refractivity contribution in [3.8, 4) is 0 Å². The number of nitrogens with one attached hydrogen (secondary N) is 1. The molecule has 0 unspecified atom stereocenters. The van der Waals surface area contributed by atoms with Gasteiger partial charge in [0.05, 0.1) is 16.5 Å². The van der Waals surface area contributed by atoms with Crippen LogP contribution in [-0.4, -0.2) is 13.7 Å². The lowest BCUT2D eigenvalue weighted by Gasteiger charge is -2.14. The first kappa shape index (κ1) is 12.2. The summed E-state index contributed by atoms with van der Waals surface area (Å²) >= 11 is 0. The molecule has 2 rings (SSSR count). The number of hydrogen-bond donors (Lipinski definition) is 1. The second kappa shape index (κ2) is 3.90. The van der Waals surface area contributed by atoms with Crippen LogP contribution < -0.4 is 4.72 Å². The minimum absolute atomic E-state index is 0.410. The fraction of sp³-hybridized carbons (Fsp3) is 0.400. The predicted molar refractivity (Wildman–Crippen MR) is 57.0 cm³/mol. The van der Waals surface area contributed by atoms with E-state index in [0.717, 1.165) is 12.1 Å². The molecule has 1 aromatic carbocycles. The van der Waals surface area contributed by atoms with Gasteiger partial charge in [0.25, 0.3) is 0 Å². The second-order valence-electron chi connectivity index (χ2n) is 3.89. The monoisotopic (exact) mass is 265 g/mol. The Hall–Kier alpha value is -1.24. The standard InChI is InChI=1S/C10H10F3NO2S/c11-10(12,13)8-3-1-2-4-9(8)14-17(15,16)7-5-6-7/h1-4,7,14H,5-6H2. The van der Waals surface area contributed by atoms with Crippen LogP contribution in [-0.2, 0) is 16.2 Å². The third kappa shape index (κ3) is 2.71. The van der Waals surface area contributed by atoms with Gasteiger partial charge >= 0.3 is 6.18 Å². The minimum Gasteiger partial charge on any atom is -0.283 e. The Morgan fingerprint density at radius 3 is 2.29 bits per heavy atom. The van der Waals surface area contributed by atoms with E-state index in [0.29, 0.717) is 12.8 Å². The van der Waals surface area contributed by atoms with Crippen molar-refractivity contribution in [3.63, 3.8) is 0 Å². The summed E-state index contributed by atoms with van der Waals surface area (Å²) in [6.07, 6.45) is -3.56. The van der Waals surface area contributed by atoms with E-state index >= 15 is 0 Å². The fourth-order valence-electron chi connectivity index (χ4n) is 1.43. The van der Waals surface area contributed by atoms with Crippen LogP contribution in [0.3, 0.4) is 0 Å². The van der Waals surface area contributed by atoms with Crippen molar-refractivity contribution in [2.75, 3.05) is 4.72 Å². The van der Waals surface area contributed by atoms with Gasteiger partial charge in [0.1, 0.15) is 0 Å². The fourth-order valence-corrected chi connectivity index (χ4v) is 2.84. The van der Waals surface area contributed by atoms with Crippen LogP contribution in [0.15, 0.2) is 24.3 Å². The normalized spacial score (nSPS) is 16.9. The smallest absolute Gasteiger partial charge is 0.283 e. The van der Waals surface area contributed by atoms with Crippen molar-refractivity contribution < 1.29 is 21.6 Å². The maximum absolute atomic E-state index is 12.6. The SMILES string of the molecule is O=S(=O)(Nc1ccccc1C(F)(F)F)C1CC1. The summed E-state index contributed by atoms with van der Waals surface area (Å²) in [5, 5.41) is -0.552. The Labute approximate surface area is 96.7 Å². The maximum Gasteiger partial charge on any atom is 0.418 e. The molecular weight excluding hydrogens is 255 g/mol. The number of para-hydroxylation sites is 1. The van der Waals surface area contributed by atoms with E-state index in [1.807, 2.05) is 4.72 Å². The van der Waals surface area contributed by atoms with E-state index in [4.69, 9.17) is 0 Å². The summed E-state index contributed by atoms with van der Waals surface area (Å²) < 4.78 is 62.9. The van der Waals surface area contributed by atoms with E-state index in [-0.39, 0.29) is 0 Å². The number of sulfonamides is 1. The van der Waals surface area contributed by atoms with Gasteiger partial charge in [-0.25, -0.2) is 8.42 Å². The van der Waals surface area contributed by atoms with Gasteiger partial charge in [0.15, 0.2) is 0 Å². The molecule has 17 heavy (non-hydrogen) atoms. The zero-order valence-corrected chi connectivity index (χ0v) is 9.48. The molecule has 3 nitrogen and oxygen atoms in total. The molecule has 1 fully saturated rings. The average molecular weight is 265 g/mol. The molecule has 1 aromatic rings. The van der Waals surface area contributed by atoms with Crippen LogP contribution in [0.5, 0.6) is 0 Å². The van der Waals surface area contributed by atoms with Crippen LogP contribution in [0.25, 0.3) is 0 Å². The Balaban J connectivity index is 2.33. The highest BCUT2D eigenvalue weighted by Crippen LogP contribution is 2.36. The van der Waals surface area contributed by atoms with Gasteiger partial charge in [-0.3, -0.25) is 4.72 Å². The lowest BCUT2D eigenvalue weighted by Crippen LogP contribution is -2.20. The largest absolute Gasteiger partial charge is 0.418 e. The third-order valence-corrected chi connectivity index (χ3v) is 4.30. The highest BCUT2D eigenvalue weighted by Gasteiger charge is 2.38. The van der Waals surface area contributed by atoms with Gasteiger partial charge in [0, 0.05) is 0 Å². The lowest BCUT2D eigenvalue weighted by molar-refractivity contribution is -0.136. The van der Waals surface area contributed by atoms with E-state index < -0.39 is 32.7 Å². The molecule has 0 saturated heterocycles. The second-order valence-corrected chi connectivity index (χ2v) is 5.85. The Bertz CT molecular complexity index is 521. The highest BCUT2D eigenvalue weighted by molar-refractivity contribution is 7.93. The summed E-state index contributed by atoms with van der Waals surface area (Å²) in [6.45, 7) is 0. The van der Waals surface area contributed by atoms with E-state index in [9.17, 15) is 21.6 Å². The Morgan fingerprint density at radius 1 is 1.18 bits per heavy atom. The lowest BCUT2D eigenvalue weighted by atomic mass is 10.2. The van der Waals surface area contributed by atoms with E-state index in [1.54, 1.807) is 0 Å². The van der Waals surface area contributed by atoms with Gasteiger partial charge < -0.3 is 0 Å². The summed E-state index contributed by atoms with van der Waals surface area (Å²) in [7, 11) is -3.67. The van der Waals surface area contributed by atoms with Crippen LogP contribution in [0.4, 0.5) is 18.9 Å². The molecule has 0 aromatic heterocycles. The molecule has 0 heterocycles. The van der Waals surface area contributed by atoms with E-state index in [1.165, 1.54) is 12.1 Å². The van der Waals surface area contributed by atoms with Crippen LogP contribution >= 0.6 is 0 Å². The van der Waals surface area contributed by atoms with Crippen LogP contribution in [0.1, 0.15) is 18.4 Å². The molecule has 94 valence electrons. The summed E-state index contributed by atoms with van der Waals surface area (Å²) in [4.78, 5) is 0. The van der Waals surface area contributed by atoms with Crippen molar-refractivity contribution in [2.24, 2.45) is 0 Å². The van der Waals surface area contributed by atoms with Gasteiger partial charge in [-0.2, -0.15) is 13.2 Å². The topological polar surface area (TPSA) is 46.2 Å². The molecule has 1 saturated carbocycles. The van der Waals surface area contributed by atoms with Gasteiger partial charge in [-0.05, 0) is 25.0 Å². The summed E-state index contributed by atoms with van der Waals surface area (Å²) in [5.74, 6) is 0. The van der Waals surface area contributed by atoms with Gasteiger partial charge in [-0.15, -0.1) is 0 Å². The van der Waals surface area contributed by atoms with E-state index in [2.05, 4.69) is 0 Å². The molecule has 0 radical (unpaired) electrons. The molecule has 7 heteroatoms. The number of hydrogen-bond acceptors (Lipinski definition) is 2. The third-order valence-electron chi connectivity index (χ3n) is 2.45. The number of rotatable bonds is 3. The molecule has 0 amide bonds. The Morgan fingerprint density at radius 2 is 1.76 bits per heavy atom. The quantitative estimate of drug-likeness (QED) is 0.913. The minimum atomic E-state index is -4.57. The first-order valence-corrected chi connectivity index (χ1v) is 6.53. The first-order valence-electron chi connectivity index (χ1n) is 4.98. The summed E-state index contributed by atoms with van der Waals surface area (Å²) in [6, 6.07) is 4.55. The molecule has 0 spiro atoms. The first-order chi connectivity index (χ1) is 7.81. The Kier molecular flexibility index (Phi) is 2.81. The number of benzene rings is 1. The summed E-state index contributed by atoms with van der Waals surface area (Å²) in [5.41, 5.74) is -1.38. The van der Waals surface area contributed by atoms with Crippen molar-refractivity contribution >= 4 is 15.7 Å². The molecule has 1 aliphatic carbocycles. The van der Waals surface area contributed by atoms with Gasteiger partial charge in [-0.1, -0.05) is 12.1 Å². The molecule has 0 aliphatic heterocycles. The van der Waals surface area contributed by atoms with Crippen LogP contribution in [0, 0.1) is 0 Å². The zero-order chi connectivity index (χ0) is 12.7. The predicted octanol–water partition coefficient (Wildman–Crippen LogP) is 2.61. The molecule has 1 aliphatic rings. The molecular formula is C10H10F3NO2S. The highest BCUT2D eigenvalue weighted by atomic mass is 32.2. The molecule has 0 bridgehead atoms. The number of anilines is 1. The number of halogens is 3. The van der Waals surface area contributed by atoms with Crippen LogP contribution in [0.2, 0.25) is 0 Å². The molecule has 1 N–H and O–H groups in total. The van der Waals surface area contributed by atoms with Gasteiger partial charge in [0.2, 0.25) is 10.0 Å². The van der Waals surface area contributed by atoms with Crippen molar-refractivity contribution in [2.45, 2.75) is 24.3 Å². The maximum atomic E-state index is 12.6. The average Bonchev–Trinajstić information content (AvgIpc) is 2.99.